The van der Waals surface area contributed by atoms with Crippen molar-refractivity contribution in [2.45, 2.75) is 31.7 Å². The predicted molar refractivity (Wildman–Crippen MR) is 90.9 cm³/mol. The molecule has 24 heavy (non-hydrogen) atoms. The second-order valence-corrected chi connectivity index (χ2v) is 7.48. The number of amides is 1. The maximum atomic E-state index is 12.4. The fourth-order valence-corrected chi connectivity index (χ4v) is 3.64. The molecule has 0 spiro atoms. The molecule has 0 saturated heterocycles. The van der Waals surface area contributed by atoms with Crippen LogP contribution in [0.5, 0.6) is 0 Å². The summed E-state index contributed by atoms with van der Waals surface area (Å²) in [5.41, 5.74) is 1.55. The van der Waals surface area contributed by atoms with Crippen molar-refractivity contribution in [3.8, 4) is 0 Å². The van der Waals surface area contributed by atoms with Gasteiger partial charge >= 0.3 is 0 Å². The molecule has 1 aromatic heterocycles. The molecule has 1 heterocycles. The lowest BCUT2D eigenvalue weighted by Crippen LogP contribution is -2.32. The fraction of sp³-hybridized carbons (Fsp3) is 0.353. The fourth-order valence-electron chi connectivity index (χ4n) is 2.28. The summed E-state index contributed by atoms with van der Waals surface area (Å²) in [6, 6.07) is 8.80. The molecule has 1 amide bonds. The summed E-state index contributed by atoms with van der Waals surface area (Å²) in [5.74, 6) is 0.525. The van der Waals surface area contributed by atoms with E-state index in [4.69, 9.17) is 4.42 Å². The summed E-state index contributed by atoms with van der Waals surface area (Å²) in [4.78, 5) is 13.8. The molecule has 0 aliphatic carbocycles. The van der Waals surface area contributed by atoms with E-state index in [-0.39, 0.29) is 23.8 Å². The Morgan fingerprint density at radius 2 is 2.00 bits per heavy atom. The van der Waals surface area contributed by atoms with Gasteiger partial charge in [0.25, 0.3) is 0 Å². The molecule has 0 unspecified atom stereocenters. The van der Waals surface area contributed by atoms with Crippen molar-refractivity contribution >= 4 is 15.9 Å². The second-order valence-electron chi connectivity index (χ2n) is 5.75. The molecule has 7 heteroatoms. The van der Waals surface area contributed by atoms with Gasteiger partial charge in [0.1, 0.15) is 5.76 Å². The average Bonchev–Trinajstić information content (AvgIpc) is 3.02. The molecule has 2 rings (SSSR count). The van der Waals surface area contributed by atoms with Crippen molar-refractivity contribution in [2.75, 3.05) is 13.6 Å². The topological polar surface area (TPSA) is 79.6 Å². The van der Waals surface area contributed by atoms with Gasteiger partial charge in [0.15, 0.2) is 0 Å². The first kappa shape index (κ1) is 18.2. The highest BCUT2D eigenvalue weighted by Crippen LogP contribution is 2.16. The van der Waals surface area contributed by atoms with Gasteiger partial charge in [-0.1, -0.05) is 12.1 Å². The molecule has 6 nitrogen and oxygen atoms in total. The van der Waals surface area contributed by atoms with Gasteiger partial charge in [0, 0.05) is 20.0 Å². The summed E-state index contributed by atoms with van der Waals surface area (Å²) >= 11 is 0. The van der Waals surface area contributed by atoms with Gasteiger partial charge in [-0.25, -0.2) is 13.1 Å². The number of nitrogens with one attached hydrogen (secondary N) is 1. The van der Waals surface area contributed by atoms with Crippen LogP contribution in [0.2, 0.25) is 0 Å². The number of carbonyl (C=O) groups is 1. The highest BCUT2D eigenvalue weighted by molar-refractivity contribution is 7.89. The van der Waals surface area contributed by atoms with E-state index in [0.29, 0.717) is 17.9 Å². The molecule has 2 aromatic rings. The van der Waals surface area contributed by atoms with Gasteiger partial charge in [0.2, 0.25) is 15.9 Å². The standard InChI is InChI=1S/C17H22N2O4S/c1-13-6-7-14(2)16(11-13)24(21,22)18-9-8-17(20)19(3)12-15-5-4-10-23-15/h4-7,10-11,18H,8-9,12H2,1-3H3. The minimum Gasteiger partial charge on any atom is -0.467 e. The van der Waals surface area contributed by atoms with E-state index >= 15 is 0 Å². The number of sulfonamides is 1. The summed E-state index contributed by atoms with van der Waals surface area (Å²) in [6.07, 6.45) is 1.63. The van der Waals surface area contributed by atoms with Gasteiger partial charge in [-0.2, -0.15) is 0 Å². The molecule has 0 aliphatic rings. The minimum absolute atomic E-state index is 0.0526. The van der Waals surface area contributed by atoms with Crippen molar-refractivity contribution in [2.24, 2.45) is 0 Å². The number of carbonyl (C=O) groups excluding carboxylic acids is 1. The smallest absolute Gasteiger partial charge is 0.240 e. The van der Waals surface area contributed by atoms with Gasteiger partial charge in [-0.05, 0) is 43.2 Å². The Hall–Kier alpha value is -2.12. The van der Waals surface area contributed by atoms with Crippen LogP contribution < -0.4 is 4.72 Å². The minimum atomic E-state index is -3.62. The van der Waals surface area contributed by atoms with Crippen molar-refractivity contribution < 1.29 is 17.6 Å². The van der Waals surface area contributed by atoms with Crippen LogP contribution in [0.3, 0.4) is 0 Å². The Balaban J connectivity index is 1.90. The third-order valence-corrected chi connectivity index (χ3v) is 5.27. The first-order chi connectivity index (χ1) is 11.3. The van der Waals surface area contributed by atoms with Crippen LogP contribution in [0.1, 0.15) is 23.3 Å². The highest BCUT2D eigenvalue weighted by Gasteiger charge is 2.18. The molecule has 1 N–H and O–H groups in total. The highest BCUT2D eigenvalue weighted by atomic mass is 32.2. The second kappa shape index (κ2) is 7.63. The monoisotopic (exact) mass is 350 g/mol. The van der Waals surface area contributed by atoms with Crippen LogP contribution in [0.4, 0.5) is 0 Å². The Morgan fingerprint density at radius 1 is 1.25 bits per heavy atom. The quantitative estimate of drug-likeness (QED) is 0.830. The predicted octanol–water partition coefficient (Wildman–Crippen LogP) is 2.22. The Labute approximate surface area is 142 Å². The van der Waals surface area contributed by atoms with Crippen LogP contribution in [0.25, 0.3) is 0 Å². The summed E-state index contributed by atoms with van der Waals surface area (Å²) in [6.45, 7) is 3.99. The van der Waals surface area contributed by atoms with Crippen LogP contribution in [-0.4, -0.2) is 32.8 Å². The maximum absolute atomic E-state index is 12.4. The maximum Gasteiger partial charge on any atom is 0.240 e. The lowest BCUT2D eigenvalue weighted by atomic mass is 10.2. The number of furan rings is 1. The number of rotatable bonds is 7. The largest absolute Gasteiger partial charge is 0.467 e. The van der Waals surface area contributed by atoms with Crippen LogP contribution in [0, 0.1) is 13.8 Å². The van der Waals surface area contributed by atoms with E-state index in [2.05, 4.69) is 4.72 Å². The normalized spacial score (nSPS) is 11.5. The Bertz CT molecular complexity index is 798. The zero-order valence-corrected chi connectivity index (χ0v) is 14.9. The molecule has 130 valence electrons. The molecular weight excluding hydrogens is 328 g/mol. The lowest BCUT2D eigenvalue weighted by Gasteiger charge is -2.16. The molecular formula is C17H22N2O4S. The summed E-state index contributed by atoms with van der Waals surface area (Å²) in [5, 5.41) is 0. The molecule has 1 aromatic carbocycles. The van der Waals surface area contributed by atoms with E-state index in [1.807, 2.05) is 13.0 Å². The summed E-state index contributed by atoms with van der Waals surface area (Å²) < 4.78 is 32.4. The first-order valence-corrected chi connectivity index (χ1v) is 9.11. The zero-order chi connectivity index (χ0) is 17.7. The number of hydrogen-bond acceptors (Lipinski definition) is 4. The van der Waals surface area contributed by atoms with Gasteiger partial charge in [0.05, 0.1) is 17.7 Å². The zero-order valence-electron chi connectivity index (χ0n) is 14.1. The van der Waals surface area contributed by atoms with Gasteiger partial charge < -0.3 is 9.32 Å². The van der Waals surface area contributed by atoms with Crippen LogP contribution in [-0.2, 0) is 21.4 Å². The average molecular weight is 350 g/mol. The van der Waals surface area contributed by atoms with E-state index in [9.17, 15) is 13.2 Å². The first-order valence-electron chi connectivity index (χ1n) is 7.63. The van der Waals surface area contributed by atoms with Crippen molar-refractivity contribution in [3.63, 3.8) is 0 Å². The van der Waals surface area contributed by atoms with E-state index in [1.54, 1.807) is 44.5 Å². The van der Waals surface area contributed by atoms with Gasteiger partial charge in [-0.15, -0.1) is 0 Å². The Morgan fingerprint density at radius 3 is 2.67 bits per heavy atom. The summed E-state index contributed by atoms with van der Waals surface area (Å²) in [7, 11) is -1.97. The molecule has 0 atom stereocenters. The van der Waals surface area contributed by atoms with Crippen LogP contribution in [0.15, 0.2) is 45.9 Å². The lowest BCUT2D eigenvalue weighted by molar-refractivity contribution is -0.130. The number of nitrogens with zero attached hydrogens (tertiary/aromatic N) is 1. The molecule has 0 radical (unpaired) electrons. The molecule has 0 fully saturated rings. The third kappa shape index (κ3) is 4.69. The molecule has 0 bridgehead atoms. The van der Waals surface area contributed by atoms with E-state index < -0.39 is 10.0 Å². The van der Waals surface area contributed by atoms with E-state index in [0.717, 1.165) is 5.56 Å². The number of aryl methyl sites for hydroxylation is 2. The molecule has 0 aliphatic heterocycles. The third-order valence-electron chi connectivity index (χ3n) is 3.66. The van der Waals surface area contributed by atoms with Crippen LogP contribution >= 0.6 is 0 Å². The molecule has 0 saturated carbocycles. The Kier molecular flexibility index (Phi) is 5.80. The van der Waals surface area contributed by atoms with Crippen molar-refractivity contribution in [1.82, 2.24) is 9.62 Å². The van der Waals surface area contributed by atoms with Crippen molar-refractivity contribution in [1.29, 1.82) is 0 Å². The van der Waals surface area contributed by atoms with Gasteiger partial charge in [-0.3, -0.25) is 4.79 Å². The van der Waals surface area contributed by atoms with E-state index in [1.165, 1.54) is 4.90 Å². The number of hydrogen-bond donors (Lipinski definition) is 1. The number of benzene rings is 1. The van der Waals surface area contributed by atoms with Crippen molar-refractivity contribution in [3.05, 3.63) is 53.5 Å². The SMILES string of the molecule is Cc1ccc(C)c(S(=O)(=O)NCCC(=O)N(C)Cc2ccco2)c1.